The third kappa shape index (κ3) is 6.75. The minimum atomic E-state index is -4.84. The molecule has 1 aliphatic heterocycles. The highest BCUT2D eigenvalue weighted by Crippen LogP contribution is 2.32. The lowest BCUT2D eigenvalue weighted by Crippen LogP contribution is -2.47. The van der Waals surface area contributed by atoms with Crippen molar-refractivity contribution in [2.24, 2.45) is 5.92 Å². The van der Waals surface area contributed by atoms with Crippen LogP contribution < -0.4 is 10.2 Å². The molecular weight excluding hydrogens is 424 g/mol. The normalized spacial score (nSPS) is 23.6. The molecule has 31 heavy (non-hydrogen) atoms. The number of nitrogens with one attached hydrogen (secondary N) is 1. The van der Waals surface area contributed by atoms with E-state index in [1.807, 2.05) is 4.90 Å². The second-order valence-electron chi connectivity index (χ2n) is 8.35. The number of piperazine rings is 1. The summed E-state index contributed by atoms with van der Waals surface area (Å²) >= 11 is 0. The Morgan fingerprint density at radius 1 is 0.968 bits per heavy atom. The first-order valence-corrected chi connectivity index (χ1v) is 10.5. The SMILES string of the molecule is O=C(NC1CCC(CCN2CCN(c3cccc(C(F)(F)F)c3)CC2)CC1)C(F)(F)F. The summed E-state index contributed by atoms with van der Waals surface area (Å²) in [5, 5.41) is 2.07. The van der Waals surface area contributed by atoms with Crippen molar-refractivity contribution < 1.29 is 31.1 Å². The van der Waals surface area contributed by atoms with Gasteiger partial charge in [0.2, 0.25) is 0 Å². The Hall–Kier alpha value is -1.97. The van der Waals surface area contributed by atoms with Crippen LogP contribution in [-0.4, -0.2) is 55.7 Å². The van der Waals surface area contributed by atoms with Crippen LogP contribution in [0.5, 0.6) is 0 Å². The highest BCUT2D eigenvalue weighted by atomic mass is 19.4. The van der Waals surface area contributed by atoms with Crippen molar-refractivity contribution in [3.8, 4) is 0 Å². The number of carbonyl (C=O) groups excluding carboxylic acids is 1. The molecule has 0 atom stereocenters. The lowest BCUT2D eigenvalue weighted by molar-refractivity contribution is -0.174. The van der Waals surface area contributed by atoms with Crippen molar-refractivity contribution in [3.63, 3.8) is 0 Å². The molecule has 0 aromatic heterocycles. The van der Waals surface area contributed by atoms with E-state index in [0.717, 1.165) is 45.0 Å². The molecular formula is C21H27F6N3O. The number of halogens is 6. The minimum absolute atomic E-state index is 0.415. The van der Waals surface area contributed by atoms with Gasteiger partial charge >= 0.3 is 18.3 Å². The summed E-state index contributed by atoms with van der Waals surface area (Å²) < 4.78 is 75.8. The number of hydrogen-bond donors (Lipinski definition) is 1. The van der Waals surface area contributed by atoms with Gasteiger partial charge in [-0.05, 0) is 62.8 Å². The smallest absolute Gasteiger partial charge is 0.369 e. The van der Waals surface area contributed by atoms with Gasteiger partial charge in [-0.2, -0.15) is 26.3 Å². The largest absolute Gasteiger partial charge is 0.471 e. The van der Waals surface area contributed by atoms with Crippen LogP contribution in [0.15, 0.2) is 24.3 Å². The fourth-order valence-electron chi connectivity index (χ4n) is 4.34. The summed E-state index contributed by atoms with van der Waals surface area (Å²) in [6.45, 7) is 3.68. The molecule has 3 rings (SSSR count). The lowest BCUT2D eigenvalue weighted by atomic mass is 9.84. The van der Waals surface area contributed by atoms with Gasteiger partial charge < -0.3 is 10.2 Å². The monoisotopic (exact) mass is 451 g/mol. The Balaban J connectivity index is 1.37. The average molecular weight is 451 g/mol. The first-order chi connectivity index (χ1) is 14.5. The molecule has 1 aliphatic carbocycles. The summed E-state index contributed by atoms with van der Waals surface area (Å²) in [5.74, 6) is -1.45. The summed E-state index contributed by atoms with van der Waals surface area (Å²) in [6, 6.07) is 4.97. The molecule has 1 aromatic carbocycles. The van der Waals surface area contributed by atoms with Crippen LogP contribution in [0.25, 0.3) is 0 Å². The predicted octanol–water partition coefficient (Wildman–Crippen LogP) is 4.45. The van der Waals surface area contributed by atoms with Gasteiger partial charge in [0.1, 0.15) is 0 Å². The Bertz CT molecular complexity index is 735. The molecule has 0 unspecified atom stereocenters. The molecule has 1 saturated heterocycles. The van der Waals surface area contributed by atoms with Crippen LogP contribution in [0.3, 0.4) is 0 Å². The van der Waals surface area contributed by atoms with Gasteiger partial charge in [-0.1, -0.05) is 6.07 Å². The number of rotatable bonds is 5. The molecule has 0 spiro atoms. The second-order valence-corrected chi connectivity index (χ2v) is 8.35. The molecule has 1 saturated carbocycles. The minimum Gasteiger partial charge on any atom is -0.369 e. The third-order valence-electron chi connectivity index (χ3n) is 6.20. The van der Waals surface area contributed by atoms with Crippen molar-refractivity contribution in [1.29, 1.82) is 0 Å². The highest BCUT2D eigenvalue weighted by Gasteiger charge is 2.40. The predicted molar refractivity (Wildman–Crippen MR) is 105 cm³/mol. The fourth-order valence-corrected chi connectivity index (χ4v) is 4.34. The molecule has 0 bridgehead atoms. The first-order valence-electron chi connectivity index (χ1n) is 10.5. The standard InChI is InChI=1S/C21H27F6N3O/c22-20(23,24)16-2-1-3-18(14-16)30-12-10-29(11-13-30)9-8-15-4-6-17(7-5-15)28-19(31)21(25,26)27/h1-3,14-15,17H,4-13H2,(H,28,31). The molecule has 10 heteroatoms. The van der Waals surface area contributed by atoms with Crippen LogP contribution in [0.4, 0.5) is 32.0 Å². The summed E-state index contributed by atoms with van der Waals surface area (Å²) in [6.07, 6.45) is -5.59. The van der Waals surface area contributed by atoms with E-state index in [1.54, 1.807) is 6.07 Å². The molecule has 1 aromatic rings. The van der Waals surface area contributed by atoms with Gasteiger partial charge in [-0.25, -0.2) is 0 Å². The molecule has 1 heterocycles. The number of amides is 1. The molecule has 0 radical (unpaired) electrons. The zero-order valence-corrected chi connectivity index (χ0v) is 17.1. The van der Waals surface area contributed by atoms with Gasteiger partial charge in [0.15, 0.2) is 0 Å². The van der Waals surface area contributed by atoms with Crippen molar-refractivity contribution in [2.75, 3.05) is 37.6 Å². The van der Waals surface area contributed by atoms with E-state index >= 15 is 0 Å². The lowest BCUT2D eigenvalue weighted by Gasteiger charge is -2.37. The maximum Gasteiger partial charge on any atom is 0.471 e. The summed E-state index contributed by atoms with van der Waals surface area (Å²) in [4.78, 5) is 15.3. The van der Waals surface area contributed by atoms with Crippen molar-refractivity contribution in [1.82, 2.24) is 10.2 Å². The Morgan fingerprint density at radius 2 is 1.61 bits per heavy atom. The molecule has 2 fully saturated rings. The van der Waals surface area contributed by atoms with Gasteiger partial charge in [0.05, 0.1) is 5.56 Å². The maximum atomic E-state index is 12.9. The zero-order valence-electron chi connectivity index (χ0n) is 17.1. The van der Waals surface area contributed by atoms with E-state index < -0.39 is 29.9 Å². The van der Waals surface area contributed by atoms with Crippen molar-refractivity contribution in [2.45, 2.75) is 50.5 Å². The molecule has 1 N–H and O–H groups in total. The fraction of sp³-hybridized carbons (Fsp3) is 0.667. The topological polar surface area (TPSA) is 35.6 Å². The first kappa shape index (κ1) is 23.7. The van der Waals surface area contributed by atoms with Gasteiger partial charge in [0, 0.05) is 37.9 Å². The number of alkyl halides is 6. The van der Waals surface area contributed by atoms with Gasteiger partial charge in [-0.3, -0.25) is 9.69 Å². The number of benzene rings is 1. The van der Waals surface area contributed by atoms with Gasteiger partial charge in [0.25, 0.3) is 0 Å². The number of hydrogen-bond acceptors (Lipinski definition) is 3. The Morgan fingerprint density at radius 3 is 2.19 bits per heavy atom. The van der Waals surface area contributed by atoms with E-state index in [4.69, 9.17) is 0 Å². The molecule has 1 amide bonds. The number of anilines is 1. The van der Waals surface area contributed by atoms with Crippen LogP contribution in [0, 0.1) is 5.92 Å². The average Bonchev–Trinajstić information content (AvgIpc) is 2.72. The third-order valence-corrected chi connectivity index (χ3v) is 6.20. The summed E-state index contributed by atoms with van der Waals surface area (Å²) in [7, 11) is 0. The highest BCUT2D eigenvalue weighted by molar-refractivity contribution is 5.81. The van der Waals surface area contributed by atoms with Crippen LogP contribution >= 0.6 is 0 Å². The maximum absolute atomic E-state index is 12.9. The summed E-state index contributed by atoms with van der Waals surface area (Å²) in [5.41, 5.74) is -0.0665. The van der Waals surface area contributed by atoms with Crippen LogP contribution in [0.2, 0.25) is 0 Å². The van der Waals surface area contributed by atoms with E-state index in [0.29, 0.717) is 37.5 Å². The van der Waals surface area contributed by atoms with Crippen LogP contribution in [-0.2, 0) is 11.0 Å². The zero-order chi connectivity index (χ0) is 22.6. The number of carbonyl (C=O) groups is 1. The van der Waals surface area contributed by atoms with Crippen LogP contribution in [0.1, 0.15) is 37.7 Å². The van der Waals surface area contributed by atoms with E-state index in [1.165, 1.54) is 12.1 Å². The van der Waals surface area contributed by atoms with Crippen molar-refractivity contribution in [3.05, 3.63) is 29.8 Å². The number of nitrogens with zero attached hydrogens (tertiary/aromatic N) is 2. The van der Waals surface area contributed by atoms with E-state index in [9.17, 15) is 31.1 Å². The molecule has 174 valence electrons. The second kappa shape index (κ2) is 9.67. The van der Waals surface area contributed by atoms with E-state index in [-0.39, 0.29) is 0 Å². The van der Waals surface area contributed by atoms with E-state index in [2.05, 4.69) is 10.2 Å². The molecule has 4 nitrogen and oxygen atoms in total. The van der Waals surface area contributed by atoms with Crippen molar-refractivity contribution >= 4 is 11.6 Å². The molecule has 2 aliphatic rings. The Labute approximate surface area is 177 Å². The Kier molecular flexibility index (Phi) is 7.39. The van der Waals surface area contributed by atoms with Gasteiger partial charge in [-0.15, -0.1) is 0 Å². The quantitative estimate of drug-likeness (QED) is 0.672.